The Kier molecular flexibility index (Phi) is 71.1. The highest BCUT2D eigenvalue weighted by Gasteiger charge is 2.29. The number of carbonyl (C=O) groups is 3. The largest absolute Gasteiger partial charge is 0.472 e. The molecule has 572 valence electrons. The van der Waals surface area contributed by atoms with E-state index < -0.39 is 91.5 Å². The lowest BCUT2D eigenvalue weighted by molar-refractivity contribution is -0.161. The summed E-state index contributed by atoms with van der Waals surface area (Å²) in [5, 5.41) is 20.6. The summed E-state index contributed by atoms with van der Waals surface area (Å²) >= 11 is 0. The number of hydrogen-bond acceptors (Lipinski definition) is 14. The van der Waals surface area contributed by atoms with Crippen LogP contribution in [-0.2, 0) is 55.8 Å². The molecule has 0 saturated heterocycles. The molecule has 0 aromatic carbocycles. The maximum atomic E-state index is 12.9. The van der Waals surface area contributed by atoms with E-state index in [9.17, 15) is 43.5 Å². The first-order valence-electron chi connectivity index (χ1n) is 39.2. The van der Waals surface area contributed by atoms with Crippen LogP contribution in [0.1, 0.15) is 329 Å². The molecule has 0 rings (SSSR count). The molecule has 0 aliphatic carbocycles. The van der Waals surface area contributed by atoms with Crippen molar-refractivity contribution >= 4 is 33.6 Å². The number of unbranched alkanes of at least 4 members (excludes halogenated alkanes) is 33. The van der Waals surface area contributed by atoms with Crippen LogP contribution in [-0.4, -0.2) is 95.9 Å². The van der Waals surface area contributed by atoms with Gasteiger partial charge in [-0.1, -0.05) is 297 Å². The van der Waals surface area contributed by atoms with E-state index in [0.29, 0.717) is 19.3 Å². The van der Waals surface area contributed by atoms with Crippen molar-refractivity contribution in [3.63, 3.8) is 0 Å². The van der Waals surface area contributed by atoms with Gasteiger partial charge in [0.25, 0.3) is 0 Å². The van der Waals surface area contributed by atoms with E-state index in [1.165, 1.54) is 122 Å². The van der Waals surface area contributed by atoms with Crippen molar-refractivity contribution in [1.29, 1.82) is 0 Å². The van der Waals surface area contributed by atoms with E-state index in [0.717, 1.165) is 148 Å². The first-order chi connectivity index (χ1) is 48.2. The fourth-order valence-corrected chi connectivity index (χ4v) is 12.1. The minimum absolute atomic E-state index is 0.0856. The van der Waals surface area contributed by atoms with Crippen LogP contribution in [0.2, 0.25) is 0 Å². The SMILES string of the molecule is CC/C=C\C/C=C\C/C=C\C/C=C\C/C=C\CCCCCCCCCCCCCCCCCCCCCC(=O)OCC(O)COP(=O)(O)OCC(O)COP(=O)(O)OCC(COC(=O)CCCCCCC/C=C\C/C=C\CCCCC)OC(=O)CCCCCCC/C=C\C/C=C\CCC. The maximum Gasteiger partial charge on any atom is 0.472 e. The van der Waals surface area contributed by atoms with Gasteiger partial charge in [0, 0.05) is 19.3 Å². The van der Waals surface area contributed by atoms with Crippen LogP contribution >= 0.6 is 15.6 Å². The van der Waals surface area contributed by atoms with Crippen LogP contribution in [0.25, 0.3) is 0 Å². The molecule has 4 N–H and O–H groups in total. The highest BCUT2D eigenvalue weighted by atomic mass is 31.2. The van der Waals surface area contributed by atoms with Gasteiger partial charge in [-0.15, -0.1) is 0 Å². The number of carbonyl (C=O) groups excluding carboxylic acids is 3. The lowest BCUT2D eigenvalue weighted by Crippen LogP contribution is -2.30. The lowest BCUT2D eigenvalue weighted by Gasteiger charge is -2.21. The number of rotatable bonds is 74. The molecule has 0 aliphatic rings. The molecule has 0 aromatic heterocycles. The van der Waals surface area contributed by atoms with Crippen molar-refractivity contribution in [3.8, 4) is 0 Å². The minimum atomic E-state index is -4.93. The molecule has 0 saturated carbocycles. The number of esters is 3. The third kappa shape index (κ3) is 75.2. The number of phosphoric acid groups is 2. The predicted molar refractivity (Wildman–Crippen MR) is 408 cm³/mol. The number of hydrogen-bond donors (Lipinski definition) is 4. The van der Waals surface area contributed by atoms with Gasteiger partial charge in [0.2, 0.25) is 0 Å². The Bertz CT molecular complexity index is 2240. The third-order valence-corrected chi connectivity index (χ3v) is 18.3. The Hall–Kier alpha value is -3.79. The second-order valence-electron chi connectivity index (χ2n) is 26.1. The molecule has 5 atom stereocenters. The predicted octanol–water partition coefficient (Wildman–Crippen LogP) is 22.8. The summed E-state index contributed by atoms with van der Waals surface area (Å²) in [7, 11) is -9.78. The van der Waals surface area contributed by atoms with Gasteiger partial charge in [-0.2, -0.15) is 0 Å². The van der Waals surface area contributed by atoms with E-state index in [1.807, 2.05) is 0 Å². The monoisotopic (exact) mass is 1430 g/mol. The fraction of sp³-hybridized carbons (Fsp3) is 0.741. The molecule has 0 fully saturated rings. The van der Waals surface area contributed by atoms with Crippen molar-refractivity contribution in [2.75, 3.05) is 39.6 Å². The Morgan fingerprint density at radius 2 is 0.556 bits per heavy atom. The zero-order chi connectivity index (χ0) is 72.3. The summed E-state index contributed by atoms with van der Waals surface area (Å²) in [6, 6.07) is 0. The van der Waals surface area contributed by atoms with Gasteiger partial charge in [0.1, 0.15) is 25.4 Å². The number of phosphoric ester groups is 2. The number of aliphatic hydroxyl groups excluding tert-OH is 2. The van der Waals surface area contributed by atoms with Crippen LogP contribution in [0.4, 0.5) is 0 Å². The standard InChI is InChI=1S/C81H142O16P2/c1-4-7-10-13-16-19-22-25-27-28-29-30-31-32-33-34-35-36-37-38-39-40-41-42-43-44-45-46-48-51-52-55-58-61-64-67-79(84)91-70-76(82)71-93-98(87,88)94-72-77(83)73-95-99(89,90)96-75-78(97-81(86)69-66-63-60-57-54-49-24-21-18-15-12-9-6-3)74-92-80(85)68-65-62-59-56-53-50-47-26-23-20-17-14-11-8-5-2/h7,10,12,15-17,19-21,24-27,29-30,32-33,47,76-78,82-83H,4-6,8-9,11,13-14,18,22-23,28,31,34-46,48-75H2,1-3H3,(H,87,88)(H,89,90)/b10-7-,15-12-,19-16-,20-17-,24-21-,27-25-,30-29-,33-32-,47-26-. The van der Waals surface area contributed by atoms with Gasteiger partial charge >= 0.3 is 33.6 Å². The molecular weight excluding hydrogens is 1290 g/mol. The highest BCUT2D eigenvalue weighted by molar-refractivity contribution is 7.47. The van der Waals surface area contributed by atoms with Crippen molar-refractivity contribution in [2.24, 2.45) is 0 Å². The van der Waals surface area contributed by atoms with E-state index in [1.54, 1.807) is 0 Å². The number of allylic oxidation sites excluding steroid dienone is 18. The van der Waals surface area contributed by atoms with Crippen LogP contribution in [0.5, 0.6) is 0 Å². The molecule has 99 heavy (non-hydrogen) atoms. The molecule has 5 unspecified atom stereocenters. The molecule has 0 amide bonds. The van der Waals surface area contributed by atoms with Crippen LogP contribution < -0.4 is 0 Å². The fourth-order valence-electron chi connectivity index (χ4n) is 10.5. The summed E-state index contributed by atoms with van der Waals surface area (Å²) in [5.41, 5.74) is 0. The molecule has 0 spiro atoms. The highest BCUT2D eigenvalue weighted by Crippen LogP contribution is 2.45. The molecule has 16 nitrogen and oxygen atoms in total. The van der Waals surface area contributed by atoms with Crippen molar-refractivity contribution in [3.05, 3.63) is 109 Å². The van der Waals surface area contributed by atoms with Gasteiger partial charge in [0.15, 0.2) is 6.10 Å². The summed E-state index contributed by atoms with van der Waals surface area (Å²) < 4.78 is 61.0. The first kappa shape index (κ1) is 95.2. The van der Waals surface area contributed by atoms with E-state index >= 15 is 0 Å². The van der Waals surface area contributed by atoms with Crippen LogP contribution in [0.3, 0.4) is 0 Å². The summed E-state index contributed by atoms with van der Waals surface area (Å²) in [6.07, 6.45) is 86.0. The van der Waals surface area contributed by atoms with Gasteiger partial charge in [-0.05, 0) is 122 Å². The zero-order valence-electron chi connectivity index (χ0n) is 62.4. The number of aliphatic hydroxyl groups is 2. The summed E-state index contributed by atoms with van der Waals surface area (Å²) in [5.74, 6) is -1.60. The topological polar surface area (TPSA) is 231 Å². The third-order valence-electron chi connectivity index (χ3n) is 16.4. The van der Waals surface area contributed by atoms with Crippen LogP contribution in [0.15, 0.2) is 109 Å². The quantitative estimate of drug-likeness (QED) is 0.0146. The summed E-state index contributed by atoms with van der Waals surface area (Å²) in [6.45, 7) is 2.46. The van der Waals surface area contributed by atoms with Gasteiger partial charge in [-0.3, -0.25) is 32.5 Å². The molecule has 0 bridgehead atoms. The maximum absolute atomic E-state index is 12.9. The second kappa shape index (κ2) is 73.9. The molecule has 0 radical (unpaired) electrons. The molecule has 0 aromatic rings. The van der Waals surface area contributed by atoms with Gasteiger partial charge in [-0.25, -0.2) is 9.13 Å². The van der Waals surface area contributed by atoms with E-state index in [2.05, 4.69) is 130 Å². The second-order valence-corrected chi connectivity index (χ2v) is 29.0. The minimum Gasteiger partial charge on any atom is -0.463 e. The molecule has 0 heterocycles. The summed E-state index contributed by atoms with van der Waals surface area (Å²) in [4.78, 5) is 58.5. The Morgan fingerprint density at radius 1 is 0.293 bits per heavy atom. The lowest BCUT2D eigenvalue weighted by atomic mass is 10.0. The average Bonchev–Trinajstić information content (AvgIpc) is 1.09. The van der Waals surface area contributed by atoms with Crippen molar-refractivity contribution in [2.45, 2.75) is 347 Å². The van der Waals surface area contributed by atoms with Crippen molar-refractivity contribution < 1.29 is 75.8 Å². The Labute approximate surface area is 602 Å². The Morgan fingerprint density at radius 3 is 0.889 bits per heavy atom. The molecular formula is C81H142O16P2. The molecule has 18 heteroatoms. The van der Waals surface area contributed by atoms with Gasteiger partial charge < -0.3 is 34.2 Å². The molecule has 0 aliphatic heterocycles. The van der Waals surface area contributed by atoms with E-state index in [4.69, 9.17) is 32.3 Å². The van der Waals surface area contributed by atoms with E-state index in [-0.39, 0.29) is 19.3 Å². The van der Waals surface area contributed by atoms with Crippen LogP contribution in [0, 0.1) is 0 Å². The smallest absolute Gasteiger partial charge is 0.463 e. The van der Waals surface area contributed by atoms with Gasteiger partial charge in [0.05, 0.1) is 26.4 Å². The van der Waals surface area contributed by atoms with Crippen molar-refractivity contribution in [1.82, 2.24) is 0 Å². The first-order valence-corrected chi connectivity index (χ1v) is 42.2. The Balaban J connectivity index is 4.32. The number of ether oxygens (including phenoxy) is 3. The zero-order valence-corrected chi connectivity index (χ0v) is 64.2. The average molecular weight is 1430 g/mol. The normalized spacial score (nSPS) is 14.6.